The summed E-state index contributed by atoms with van der Waals surface area (Å²) < 4.78 is 24.4. The van der Waals surface area contributed by atoms with Crippen molar-refractivity contribution in [3.8, 4) is 0 Å². The molecule has 90 valence electrons. The molecule has 0 amide bonds. The summed E-state index contributed by atoms with van der Waals surface area (Å²) in [7, 11) is 0. The third-order valence-electron chi connectivity index (χ3n) is 2.11. The fourth-order valence-corrected chi connectivity index (χ4v) is 1.60. The SMILES string of the molecule is CCOCC(C)OCc1cccc(F)c1Br. The highest BCUT2D eigenvalue weighted by molar-refractivity contribution is 9.10. The Morgan fingerprint density at radius 3 is 2.88 bits per heavy atom. The van der Waals surface area contributed by atoms with E-state index in [9.17, 15) is 4.39 Å². The first kappa shape index (κ1) is 13.6. The zero-order valence-electron chi connectivity index (χ0n) is 9.50. The predicted molar refractivity (Wildman–Crippen MR) is 64.8 cm³/mol. The minimum absolute atomic E-state index is 0.00937. The van der Waals surface area contributed by atoms with Crippen LogP contribution < -0.4 is 0 Å². The van der Waals surface area contributed by atoms with Gasteiger partial charge in [0.05, 0.1) is 23.8 Å². The van der Waals surface area contributed by atoms with Crippen LogP contribution in [0.3, 0.4) is 0 Å². The molecule has 0 bridgehead atoms. The monoisotopic (exact) mass is 290 g/mol. The fraction of sp³-hybridized carbons (Fsp3) is 0.500. The van der Waals surface area contributed by atoms with Crippen LogP contribution in [0, 0.1) is 5.82 Å². The maximum atomic E-state index is 13.2. The molecule has 1 aromatic rings. The Balaban J connectivity index is 2.45. The topological polar surface area (TPSA) is 18.5 Å². The molecule has 2 nitrogen and oxygen atoms in total. The molecular formula is C12H16BrFO2. The fourth-order valence-electron chi connectivity index (χ4n) is 1.22. The molecule has 0 heterocycles. The third kappa shape index (κ3) is 4.20. The molecule has 0 aromatic heterocycles. The number of hydrogen-bond acceptors (Lipinski definition) is 2. The standard InChI is InChI=1S/C12H16BrFO2/c1-3-15-7-9(2)16-8-10-5-4-6-11(14)12(10)13/h4-6,9H,3,7-8H2,1-2H3. The van der Waals surface area contributed by atoms with Gasteiger partial charge in [-0.1, -0.05) is 12.1 Å². The van der Waals surface area contributed by atoms with E-state index in [1.54, 1.807) is 6.07 Å². The highest BCUT2D eigenvalue weighted by atomic mass is 79.9. The minimum Gasteiger partial charge on any atom is -0.379 e. The Labute approximate surface area is 104 Å². The van der Waals surface area contributed by atoms with Gasteiger partial charge < -0.3 is 9.47 Å². The van der Waals surface area contributed by atoms with Crippen LogP contribution in [0.4, 0.5) is 4.39 Å². The maximum absolute atomic E-state index is 13.2. The van der Waals surface area contributed by atoms with Gasteiger partial charge in [0.2, 0.25) is 0 Å². The maximum Gasteiger partial charge on any atom is 0.137 e. The molecule has 0 N–H and O–H groups in total. The summed E-state index contributed by atoms with van der Waals surface area (Å²) in [6.07, 6.45) is 0.00937. The molecule has 0 aliphatic heterocycles. The van der Waals surface area contributed by atoms with E-state index >= 15 is 0 Å². The van der Waals surface area contributed by atoms with Crippen molar-refractivity contribution in [3.63, 3.8) is 0 Å². The molecule has 0 fully saturated rings. The smallest absolute Gasteiger partial charge is 0.137 e. The first-order valence-corrected chi connectivity index (χ1v) is 6.06. The Hall–Kier alpha value is -0.450. The largest absolute Gasteiger partial charge is 0.379 e. The molecule has 1 unspecified atom stereocenters. The number of hydrogen-bond donors (Lipinski definition) is 0. The Morgan fingerprint density at radius 1 is 1.44 bits per heavy atom. The van der Waals surface area contributed by atoms with Gasteiger partial charge in [-0.05, 0) is 41.4 Å². The van der Waals surface area contributed by atoms with Crippen molar-refractivity contribution in [2.45, 2.75) is 26.6 Å². The highest BCUT2D eigenvalue weighted by Crippen LogP contribution is 2.21. The zero-order chi connectivity index (χ0) is 12.0. The van der Waals surface area contributed by atoms with Crippen LogP contribution >= 0.6 is 15.9 Å². The molecular weight excluding hydrogens is 275 g/mol. The first-order chi connectivity index (χ1) is 7.65. The summed E-state index contributed by atoms with van der Waals surface area (Å²) in [5.74, 6) is -0.265. The van der Waals surface area contributed by atoms with Gasteiger partial charge in [-0.2, -0.15) is 0 Å². The van der Waals surface area contributed by atoms with E-state index in [-0.39, 0.29) is 11.9 Å². The third-order valence-corrected chi connectivity index (χ3v) is 3.00. The van der Waals surface area contributed by atoms with Crippen LogP contribution in [0.2, 0.25) is 0 Å². The lowest BCUT2D eigenvalue weighted by Crippen LogP contribution is -2.16. The summed E-state index contributed by atoms with van der Waals surface area (Å²) in [6, 6.07) is 4.92. The zero-order valence-corrected chi connectivity index (χ0v) is 11.1. The molecule has 0 spiro atoms. The summed E-state index contributed by atoms with van der Waals surface area (Å²) >= 11 is 3.20. The number of benzene rings is 1. The molecule has 16 heavy (non-hydrogen) atoms. The van der Waals surface area contributed by atoms with Gasteiger partial charge >= 0.3 is 0 Å². The normalized spacial score (nSPS) is 12.8. The molecule has 0 radical (unpaired) electrons. The van der Waals surface area contributed by atoms with Crippen molar-refractivity contribution in [3.05, 3.63) is 34.1 Å². The average Bonchev–Trinajstić information content (AvgIpc) is 2.28. The number of rotatable bonds is 6. The molecule has 1 atom stereocenters. The van der Waals surface area contributed by atoms with E-state index < -0.39 is 0 Å². The van der Waals surface area contributed by atoms with Gasteiger partial charge in [-0.15, -0.1) is 0 Å². The first-order valence-electron chi connectivity index (χ1n) is 5.27. The van der Waals surface area contributed by atoms with Crippen LogP contribution in [0.25, 0.3) is 0 Å². The second kappa shape index (κ2) is 6.99. The average molecular weight is 291 g/mol. The number of halogens is 2. The van der Waals surface area contributed by atoms with Crippen LogP contribution in [-0.4, -0.2) is 19.3 Å². The van der Waals surface area contributed by atoms with E-state index in [2.05, 4.69) is 15.9 Å². The molecule has 1 aromatic carbocycles. The van der Waals surface area contributed by atoms with Gasteiger partial charge in [0, 0.05) is 6.61 Å². The molecule has 0 saturated heterocycles. The lowest BCUT2D eigenvalue weighted by atomic mass is 10.2. The summed E-state index contributed by atoms with van der Waals surface area (Å²) in [4.78, 5) is 0. The van der Waals surface area contributed by atoms with Crippen LogP contribution in [0.5, 0.6) is 0 Å². The minimum atomic E-state index is -0.265. The van der Waals surface area contributed by atoms with E-state index in [1.165, 1.54) is 6.07 Å². The highest BCUT2D eigenvalue weighted by Gasteiger charge is 2.07. The summed E-state index contributed by atoms with van der Waals surface area (Å²) in [5, 5.41) is 0. The van der Waals surface area contributed by atoms with E-state index in [0.717, 1.165) is 5.56 Å². The van der Waals surface area contributed by atoms with Gasteiger partial charge in [0.1, 0.15) is 5.82 Å². The van der Waals surface area contributed by atoms with Crippen LogP contribution in [0.1, 0.15) is 19.4 Å². The van der Waals surface area contributed by atoms with Crippen molar-refractivity contribution < 1.29 is 13.9 Å². The van der Waals surface area contributed by atoms with Gasteiger partial charge in [-0.25, -0.2) is 4.39 Å². The van der Waals surface area contributed by atoms with Crippen molar-refractivity contribution >= 4 is 15.9 Å². The molecule has 1 rings (SSSR count). The predicted octanol–water partition coefficient (Wildman–Crippen LogP) is 3.53. The lowest BCUT2D eigenvalue weighted by molar-refractivity contribution is -0.0119. The lowest BCUT2D eigenvalue weighted by Gasteiger charge is -2.13. The van der Waals surface area contributed by atoms with Gasteiger partial charge in [-0.3, -0.25) is 0 Å². The second-order valence-electron chi connectivity index (χ2n) is 3.49. The van der Waals surface area contributed by atoms with Crippen molar-refractivity contribution in [2.24, 2.45) is 0 Å². The van der Waals surface area contributed by atoms with E-state index in [4.69, 9.17) is 9.47 Å². The Morgan fingerprint density at radius 2 is 2.19 bits per heavy atom. The van der Waals surface area contributed by atoms with Gasteiger partial charge in [0.25, 0.3) is 0 Å². The molecule has 4 heteroatoms. The molecule has 0 aliphatic rings. The molecule has 0 saturated carbocycles. The summed E-state index contributed by atoms with van der Waals surface area (Å²) in [6.45, 7) is 5.49. The quantitative estimate of drug-likeness (QED) is 0.798. The summed E-state index contributed by atoms with van der Waals surface area (Å²) in [5.41, 5.74) is 0.809. The molecule has 0 aliphatic carbocycles. The van der Waals surface area contributed by atoms with Crippen molar-refractivity contribution in [2.75, 3.05) is 13.2 Å². The van der Waals surface area contributed by atoms with Crippen LogP contribution in [-0.2, 0) is 16.1 Å². The van der Waals surface area contributed by atoms with Gasteiger partial charge in [0.15, 0.2) is 0 Å². The Kier molecular flexibility index (Phi) is 5.95. The van der Waals surface area contributed by atoms with Crippen LogP contribution in [0.15, 0.2) is 22.7 Å². The second-order valence-corrected chi connectivity index (χ2v) is 4.29. The number of ether oxygens (including phenoxy) is 2. The van der Waals surface area contributed by atoms with Crippen molar-refractivity contribution in [1.82, 2.24) is 0 Å². The van der Waals surface area contributed by atoms with Crippen molar-refractivity contribution in [1.29, 1.82) is 0 Å². The van der Waals surface area contributed by atoms with E-state index in [1.807, 2.05) is 19.9 Å². The Bertz CT molecular complexity index is 331. The van der Waals surface area contributed by atoms with E-state index in [0.29, 0.717) is 24.3 Å².